The highest BCUT2D eigenvalue weighted by Gasteiger charge is 2.42. The Morgan fingerprint density at radius 3 is 2.32 bits per heavy atom. The molecule has 4 N–H and O–H groups in total. The van der Waals surface area contributed by atoms with Crippen molar-refractivity contribution in [3.8, 4) is 0 Å². The molecular weight excluding hydrogens is 819 g/mol. The summed E-state index contributed by atoms with van der Waals surface area (Å²) < 4.78 is 29.2. The lowest BCUT2D eigenvalue weighted by molar-refractivity contribution is -0.122. The van der Waals surface area contributed by atoms with Crippen molar-refractivity contribution in [2.24, 2.45) is 0 Å². The lowest BCUT2D eigenvalue weighted by atomic mass is 9.87. The molecule has 1 atom stereocenters. The molecule has 1 aromatic heterocycles. The molecule has 3 amide bonds. The van der Waals surface area contributed by atoms with Gasteiger partial charge >= 0.3 is 0 Å². The molecule has 2 saturated carbocycles. The number of likely N-dealkylation sites (N-methyl/N-ethyl adjacent to an activating group) is 1. The molecular formula is C47H65N9O6S. The van der Waals surface area contributed by atoms with E-state index in [1.165, 1.54) is 19.3 Å². The van der Waals surface area contributed by atoms with Gasteiger partial charge in [-0.15, -0.1) is 0 Å². The summed E-state index contributed by atoms with van der Waals surface area (Å²) in [7, 11) is -0.0273. The maximum Gasteiger partial charge on any atom is 0.246 e. The number of nitrogens with zero attached hydrogens (tertiary/aromatic N) is 6. The second-order valence-corrected chi connectivity index (χ2v) is 20.2. The smallest absolute Gasteiger partial charge is 0.246 e. The predicted molar refractivity (Wildman–Crippen MR) is 246 cm³/mol. The van der Waals surface area contributed by atoms with E-state index in [4.69, 9.17) is 5.11 Å². The highest BCUT2D eigenvalue weighted by Crippen LogP contribution is 2.49. The van der Waals surface area contributed by atoms with Gasteiger partial charge in [-0.1, -0.05) is 57.0 Å². The Morgan fingerprint density at radius 2 is 1.68 bits per heavy atom. The average Bonchev–Trinajstić information content (AvgIpc) is 4.04. The fourth-order valence-corrected chi connectivity index (χ4v) is 11.1. The van der Waals surface area contributed by atoms with Crippen molar-refractivity contribution in [1.82, 2.24) is 24.5 Å². The highest BCUT2D eigenvalue weighted by atomic mass is 32.2. The number of carbonyl (C=O) groups is 3. The predicted octanol–water partition coefficient (Wildman–Crippen LogP) is 5.87. The van der Waals surface area contributed by atoms with Gasteiger partial charge in [-0.2, -0.15) is 9.29 Å². The van der Waals surface area contributed by atoms with Crippen molar-refractivity contribution in [2.75, 3.05) is 60.7 Å². The summed E-state index contributed by atoms with van der Waals surface area (Å²) in [5, 5.41) is 17.9. The fourth-order valence-electron chi connectivity index (χ4n) is 9.53. The minimum Gasteiger partial charge on any atom is -0.393 e. The molecule has 3 saturated heterocycles. The monoisotopic (exact) mass is 883 g/mol. The number of aliphatic hydroxyl groups excluding tert-OH is 1. The van der Waals surface area contributed by atoms with Gasteiger partial charge in [-0.25, -0.2) is 13.4 Å². The zero-order chi connectivity index (χ0) is 44.7. The number of hydrogen-bond donors (Lipinski definition) is 4. The van der Waals surface area contributed by atoms with Crippen LogP contribution in [0.15, 0.2) is 65.8 Å². The molecule has 2 aromatic carbocycles. The molecule has 5 fully saturated rings. The molecule has 63 heavy (non-hydrogen) atoms. The maximum absolute atomic E-state index is 13.8. The van der Waals surface area contributed by atoms with E-state index < -0.39 is 10.0 Å². The fraction of sp³-hybridized carbons (Fsp3) is 0.553. The molecule has 15 nitrogen and oxygen atoms in total. The summed E-state index contributed by atoms with van der Waals surface area (Å²) >= 11 is 0. The standard InChI is InChI=1S/C41H53N9O5S.C6H12O/c1-28-11-12-36(39(53)44-28)48(4)35-10-6-9-33(37(35)47(3)27-52)30-13-19-49(20-14-30)25-29-7-5-8-32(23-29)56(54,55)50-21-15-31(16-22-50)45-40-42-24-34(41(2)17-18-41)38(46-40)43-26-51;7-6-4-2-1-3-5-6/h5-10,23-24,26-27,30-31,36H,1,11-22,25H2,2-4H3,(H,44,53)(H2,42,43,45,46,51);6-7H,1-5H2. The van der Waals surface area contributed by atoms with E-state index in [2.05, 4.69) is 50.4 Å². The van der Waals surface area contributed by atoms with E-state index in [9.17, 15) is 22.8 Å². The third kappa shape index (κ3) is 11.1. The number of anilines is 4. The van der Waals surface area contributed by atoms with Gasteiger partial charge in [0.05, 0.1) is 22.4 Å². The van der Waals surface area contributed by atoms with Crippen LogP contribution in [0.1, 0.15) is 113 Å². The Morgan fingerprint density at radius 1 is 0.968 bits per heavy atom. The summed E-state index contributed by atoms with van der Waals surface area (Å²) in [5.41, 5.74) is 5.36. The van der Waals surface area contributed by atoms with Crippen molar-refractivity contribution in [1.29, 1.82) is 0 Å². The number of piperidine rings is 3. The topological polar surface area (TPSA) is 180 Å². The van der Waals surface area contributed by atoms with E-state index in [0.717, 1.165) is 91.8 Å². The van der Waals surface area contributed by atoms with Crippen LogP contribution >= 0.6 is 0 Å². The first kappa shape index (κ1) is 46.1. The van der Waals surface area contributed by atoms with E-state index in [-0.39, 0.29) is 35.4 Å². The summed E-state index contributed by atoms with van der Waals surface area (Å²) in [5.74, 6) is 1.07. The Bertz CT molecular complexity index is 2210. The number of para-hydroxylation sites is 1. The SMILES string of the molecule is C=C1CCC(N(C)c2cccc(C3CCN(Cc4cccc(S(=O)(=O)N5CCC(Nc6ncc(C7(C)CC7)c(NC=O)n6)CC5)c4)CC3)c2N(C)C=O)C(=O)N1.OC1CCCCC1. The second-order valence-electron chi connectivity index (χ2n) is 18.3. The number of sulfonamides is 1. The molecule has 0 spiro atoms. The van der Waals surface area contributed by atoms with Crippen LogP contribution in [0.2, 0.25) is 0 Å². The van der Waals surface area contributed by atoms with Crippen LogP contribution in [0, 0.1) is 0 Å². The first-order valence-corrected chi connectivity index (χ1v) is 24.1. The molecule has 340 valence electrons. The molecule has 1 unspecified atom stereocenters. The van der Waals surface area contributed by atoms with Crippen LogP contribution in [0.5, 0.6) is 0 Å². The van der Waals surface area contributed by atoms with Crippen molar-refractivity contribution in [3.63, 3.8) is 0 Å². The van der Waals surface area contributed by atoms with Gasteiger partial charge in [0.1, 0.15) is 11.9 Å². The molecule has 0 bridgehead atoms. The number of nitrogens with one attached hydrogen (secondary N) is 3. The van der Waals surface area contributed by atoms with Crippen molar-refractivity contribution in [3.05, 3.63) is 77.6 Å². The molecule has 3 aromatic rings. The number of aromatic nitrogens is 2. The first-order valence-electron chi connectivity index (χ1n) is 22.7. The minimum absolute atomic E-state index is 0.000261. The number of benzene rings is 2. The van der Waals surface area contributed by atoms with Gasteiger partial charge in [0.2, 0.25) is 34.7 Å². The van der Waals surface area contributed by atoms with Gasteiger partial charge < -0.3 is 30.9 Å². The molecule has 5 aliphatic rings. The number of aliphatic hydroxyl groups is 1. The summed E-state index contributed by atoms with van der Waals surface area (Å²) in [6.45, 7) is 9.05. The Hall–Kier alpha value is -4.90. The van der Waals surface area contributed by atoms with Crippen LogP contribution in [0.25, 0.3) is 0 Å². The van der Waals surface area contributed by atoms with Crippen LogP contribution in [-0.2, 0) is 36.4 Å². The largest absolute Gasteiger partial charge is 0.393 e. The lowest BCUT2D eigenvalue weighted by Crippen LogP contribution is -2.48. The number of carbonyl (C=O) groups excluding carboxylic acids is 3. The van der Waals surface area contributed by atoms with Crippen LogP contribution < -0.4 is 25.8 Å². The average molecular weight is 884 g/mol. The third-order valence-electron chi connectivity index (χ3n) is 13.7. The molecule has 16 heteroatoms. The Kier molecular flexibility index (Phi) is 14.9. The van der Waals surface area contributed by atoms with E-state index in [1.54, 1.807) is 34.6 Å². The molecule has 0 radical (unpaired) electrons. The second kappa shape index (κ2) is 20.3. The number of rotatable bonds is 14. The minimum atomic E-state index is -3.70. The molecule has 2 aliphatic carbocycles. The number of allylic oxidation sites excluding steroid dienone is 1. The molecule has 8 rings (SSSR count). The number of amides is 3. The van der Waals surface area contributed by atoms with E-state index in [0.29, 0.717) is 68.4 Å². The van der Waals surface area contributed by atoms with Crippen molar-refractivity contribution < 1.29 is 27.9 Å². The number of hydrogen-bond acceptors (Lipinski definition) is 11. The van der Waals surface area contributed by atoms with E-state index >= 15 is 0 Å². The number of likely N-dealkylation sites (tertiary alicyclic amines) is 1. The molecule has 4 heterocycles. The van der Waals surface area contributed by atoms with E-state index in [1.807, 2.05) is 36.2 Å². The summed E-state index contributed by atoms with van der Waals surface area (Å²) in [4.78, 5) is 51.6. The highest BCUT2D eigenvalue weighted by molar-refractivity contribution is 7.89. The van der Waals surface area contributed by atoms with Crippen LogP contribution in [0.4, 0.5) is 23.1 Å². The zero-order valence-corrected chi connectivity index (χ0v) is 37.9. The normalized spacial score (nSPS) is 21.4. The zero-order valence-electron chi connectivity index (χ0n) is 37.1. The quantitative estimate of drug-likeness (QED) is 0.142. The van der Waals surface area contributed by atoms with Gasteiger partial charge in [0.25, 0.3) is 0 Å². The van der Waals surface area contributed by atoms with Gasteiger partial charge in [-0.05, 0) is 118 Å². The van der Waals surface area contributed by atoms with Gasteiger partial charge in [0, 0.05) is 57.2 Å². The van der Waals surface area contributed by atoms with Crippen molar-refractivity contribution >= 4 is 51.9 Å². The first-order chi connectivity index (χ1) is 30.3. The lowest BCUT2D eigenvalue weighted by Gasteiger charge is -2.37. The summed E-state index contributed by atoms with van der Waals surface area (Å²) in [6.07, 6.45) is 15.5. The Balaban J connectivity index is 0.000000775. The van der Waals surface area contributed by atoms with Gasteiger partial charge in [0.15, 0.2) is 0 Å². The molecule has 3 aliphatic heterocycles. The van der Waals surface area contributed by atoms with Crippen LogP contribution in [-0.4, -0.2) is 110 Å². The summed E-state index contributed by atoms with van der Waals surface area (Å²) in [6, 6.07) is 13.0. The third-order valence-corrected chi connectivity index (χ3v) is 15.6. The maximum atomic E-state index is 13.8. The Labute approximate surface area is 372 Å². The van der Waals surface area contributed by atoms with Crippen molar-refractivity contribution in [2.45, 2.75) is 131 Å². The van der Waals surface area contributed by atoms with Crippen LogP contribution in [0.3, 0.4) is 0 Å². The van der Waals surface area contributed by atoms with Gasteiger partial charge in [-0.3, -0.25) is 19.3 Å².